The van der Waals surface area contributed by atoms with Gasteiger partial charge in [-0.2, -0.15) is 0 Å². The number of likely N-dealkylation sites (tertiary alicyclic amines) is 1. The standard InChI is InChI=1S/C19H25N3O3S/c1-11-15-17(23)20-14(21-18(15)26-16(11)19(24)25-2)10-22-9-5-7-12-6-3-4-8-13(12)22/h12-13H,3-10H2,1-2H3,(H,20,21,23)/p+1/t12-,13-/m0/s1. The van der Waals surface area contributed by atoms with Crippen molar-refractivity contribution in [3.05, 3.63) is 26.6 Å². The number of H-pyrrole nitrogens is 1. The van der Waals surface area contributed by atoms with Crippen LogP contribution in [0.1, 0.15) is 59.6 Å². The van der Waals surface area contributed by atoms with E-state index in [-0.39, 0.29) is 5.56 Å². The van der Waals surface area contributed by atoms with Crippen molar-refractivity contribution in [1.82, 2.24) is 9.97 Å². The first-order chi connectivity index (χ1) is 12.6. The van der Waals surface area contributed by atoms with Gasteiger partial charge in [0.1, 0.15) is 16.3 Å². The highest BCUT2D eigenvalue weighted by molar-refractivity contribution is 7.20. The summed E-state index contributed by atoms with van der Waals surface area (Å²) in [5, 5.41) is 0.517. The van der Waals surface area contributed by atoms with Crippen LogP contribution in [0.5, 0.6) is 0 Å². The number of ether oxygens (including phenoxy) is 1. The molecule has 140 valence electrons. The molecule has 2 aliphatic rings. The zero-order valence-electron chi connectivity index (χ0n) is 15.4. The Morgan fingerprint density at radius 1 is 1.31 bits per heavy atom. The third-order valence-corrected chi connectivity index (χ3v) is 7.29. The number of fused-ring (bicyclic) bond motifs is 2. The third kappa shape index (κ3) is 3.07. The van der Waals surface area contributed by atoms with Crippen molar-refractivity contribution in [3.8, 4) is 0 Å². The van der Waals surface area contributed by atoms with Crippen LogP contribution in [0.3, 0.4) is 0 Å². The number of piperidine rings is 1. The van der Waals surface area contributed by atoms with E-state index in [0.29, 0.717) is 26.7 Å². The second-order valence-corrected chi connectivity index (χ2v) is 8.62. The van der Waals surface area contributed by atoms with Gasteiger partial charge in [0.2, 0.25) is 0 Å². The van der Waals surface area contributed by atoms with Crippen LogP contribution in [0.2, 0.25) is 0 Å². The zero-order valence-corrected chi connectivity index (χ0v) is 16.2. The number of rotatable bonds is 3. The molecular weight excluding hydrogens is 350 g/mol. The quantitative estimate of drug-likeness (QED) is 0.801. The molecule has 4 rings (SSSR count). The lowest BCUT2D eigenvalue weighted by Gasteiger charge is -2.40. The molecule has 0 bridgehead atoms. The van der Waals surface area contributed by atoms with Gasteiger partial charge < -0.3 is 14.6 Å². The fourth-order valence-electron chi connectivity index (χ4n) is 4.86. The largest absolute Gasteiger partial charge is 0.465 e. The van der Waals surface area contributed by atoms with Gasteiger partial charge in [0, 0.05) is 5.92 Å². The first-order valence-corrected chi connectivity index (χ1v) is 10.3. The predicted molar refractivity (Wildman–Crippen MR) is 101 cm³/mol. The molecule has 2 aromatic heterocycles. The maximum absolute atomic E-state index is 12.6. The van der Waals surface area contributed by atoms with Crippen LogP contribution < -0.4 is 10.5 Å². The minimum absolute atomic E-state index is 0.148. The van der Waals surface area contributed by atoms with Crippen LogP contribution in [-0.2, 0) is 11.3 Å². The molecule has 2 fully saturated rings. The third-order valence-electron chi connectivity index (χ3n) is 6.12. The number of nitrogens with zero attached hydrogens (tertiary/aromatic N) is 1. The summed E-state index contributed by atoms with van der Waals surface area (Å²) in [6, 6.07) is 0.703. The SMILES string of the molecule is COC(=O)c1sc2nc(C[NH+]3CCC[C@@H]4CCCC[C@@H]43)[nH]c(=O)c2c1C. The molecule has 0 aromatic carbocycles. The van der Waals surface area contributed by atoms with Crippen molar-refractivity contribution in [2.24, 2.45) is 5.92 Å². The predicted octanol–water partition coefficient (Wildman–Crippen LogP) is 1.82. The van der Waals surface area contributed by atoms with E-state index in [1.807, 2.05) is 0 Å². The van der Waals surface area contributed by atoms with Gasteiger partial charge >= 0.3 is 5.97 Å². The van der Waals surface area contributed by atoms with Crippen LogP contribution in [0.25, 0.3) is 10.2 Å². The Morgan fingerprint density at radius 3 is 2.88 bits per heavy atom. The van der Waals surface area contributed by atoms with Gasteiger partial charge in [-0.25, -0.2) is 9.78 Å². The van der Waals surface area contributed by atoms with Gasteiger partial charge in [0.15, 0.2) is 5.82 Å². The van der Waals surface area contributed by atoms with Crippen molar-refractivity contribution >= 4 is 27.5 Å². The van der Waals surface area contributed by atoms with E-state index in [2.05, 4.69) is 4.98 Å². The van der Waals surface area contributed by atoms with E-state index >= 15 is 0 Å². The molecule has 3 atom stereocenters. The van der Waals surface area contributed by atoms with Gasteiger partial charge in [-0.05, 0) is 44.6 Å². The van der Waals surface area contributed by atoms with Gasteiger partial charge in [-0.3, -0.25) is 4.79 Å². The normalized spacial score (nSPS) is 25.8. The summed E-state index contributed by atoms with van der Waals surface area (Å²) in [5.41, 5.74) is 0.514. The van der Waals surface area contributed by atoms with Gasteiger partial charge in [0.25, 0.3) is 5.56 Å². The van der Waals surface area contributed by atoms with Crippen LogP contribution in [-0.4, -0.2) is 35.6 Å². The molecule has 1 aliphatic carbocycles. The smallest absolute Gasteiger partial charge is 0.348 e. The Bertz CT molecular complexity index is 886. The van der Waals surface area contributed by atoms with E-state index in [0.717, 1.165) is 24.8 Å². The molecular formula is C19H26N3O3S+. The minimum atomic E-state index is -0.404. The van der Waals surface area contributed by atoms with Crippen LogP contribution >= 0.6 is 11.3 Å². The average molecular weight is 377 g/mol. The van der Waals surface area contributed by atoms with E-state index in [9.17, 15) is 9.59 Å². The summed E-state index contributed by atoms with van der Waals surface area (Å²) in [7, 11) is 1.36. The van der Waals surface area contributed by atoms with E-state index < -0.39 is 5.97 Å². The number of esters is 1. The van der Waals surface area contributed by atoms with Crippen molar-refractivity contribution in [2.45, 2.75) is 58.0 Å². The molecule has 26 heavy (non-hydrogen) atoms. The number of thiophene rings is 1. The second-order valence-electron chi connectivity index (χ2n) is 7.62. The Hall–Kier alpha value is -1.73. The molecule has 0 amide bonds. The fourth-order valence-corrected chi connectivity index (χ4v) is 5.98. The molecule has 1 saturated carbocycles. The van der Waals surface area contributed by atoms with E-state index in [4.69, 9.17) is 9.72 Å². The Kier molecular flexibility index (Phi) is 4.84. The summed E-state index contributed by atoms with van der Waals surface area (Å²) in [6.07, 6.45) is 7.93. The number of nitrogens with one attached hydrogen (secondary N) is 2. The number of aromatic amines is 1. The highest BCUT2D eigenvalue weighted by atomic mass is 32.1. The summed E-state index contributed by atoms with van der Waals surface area (Å²) in [6.45, 7) is 3.70. The number of hydrogen-bond acceptors (Lipinski definition) is 5. The number of aromatic nitrogens is 2. The average Bonchev–Trinajstić information content (AvgIpc) is 2.98. The maximum Gasteiger partial charge on any atom is 0.348 e. The molecule has 6 nitrogen and oxygen atoms in total. The van der Waals surface area contributed by atoms with Gasteiger partial charge in [0.05, 0.1) is 25.1 Å². The molecule has 2 aromatic rings. The van der Waals surface area contributed by atoms with Crippen molar-refractivity contribution in [3.63, 3.8) is 0 Å². The number of hydrogen-bond donors (Lipinski definition) is 2. The van der Waals surface area contributed by atoms with E-state index in [1.54, 1.807) is 11.8 Å². The Morgan fingerprint density at radius 2 is 2.08 bits per heavy atom. The number of methoxy groups -OCH3 is 1. The first-order valence-electron chi connectivity index (χ1n) is 9.53. The number of carbonyl (C=O) groups is 1. The summed E-state index contributed by atoms with van der Waals surface area (Å²) < 4.78 is 4.82. The summed E-state index contributed by atoms with van der Waals surface area (Å²) >= 11 is 1.25. The molecule has 1 unspecified atom stereocenters. The Labute approximate surface area is 156 Å². The fraction of sp³-hybridized carbons (Fsp3) is 0.632. The monoisotopic (exact) mass is 376 g/mol. The molecule has 2 N–H and O–H groups in total. The van der Waals surface area contributed by atoms with Crippen molar-refractivity contribution in [2.75, 3.05) is 13.7 Å². The topological polar surface area (TPSA) is 76.5 Å². The molecule has 7 heteroatoms. The number of carbonyl (C=O) groups excluding carboxylic acids is 1. The van der Waals surface area contributed by atoms with Crippen LogP contribution in [0.4, 0.5) is 0 Å². The first kappa shape index (κ1) is 17.7. The van der Waals surface area contributed by atoms with Crippen molar-refractivity contribution < 1.29 is 14.4 Å². The van der Waals surface area contributed by atoms with Crippen LogP contribution in [0.15, 0.2) is 4.79 Å². The number of aryl methyl sites for hydroxylation is 1. The molecule has 1 aliphatic heterocycles. The lowest BCUT2D eigenvalue weighted by Crippen LogP contribution is -3.16. The summed E-state index contributed by atoms with van der Waals surface area (Å²) in [4.78, 5) is 34.9. The number of quaternary nitrogens is 1. The zero-order chi connectivity index (χ0) is 18.3. The molecule has 3 heterocycles. The Balaban J connectivity index is 1.65. The van der Waals surface area contributed by atoms with Crippen LogP contribution in [0, 0.1) is 12.8 Å². The second kappa shape index (κ2) is 7.12. The maximum atomic E-state index is 12.6. The highest BCUT2D eigenvalue weighted by Crippen LogP contribution is 2.29. The molecule has 0 spiro atoms. The van der Waals surface area contributed by atoms with Crippen molar-refractivity contribution in [1.29, 1.82) is 0 Å². The lowest BCUT2D eigenvalue weighted by molar-refractivity contribution is -0.949. The molecule has 0 radical (unpaired) electrons. The highest BCUT2D eigenvalue weighted by Gasteiger charge is 2.36. The van der Waals surface area contributed by atoms with Gasteiger partial charge in [-0.15, -0.1) is 11.3 Å². The lowest BCUT2D eigenvalue weighted by atomic mass is 9.78. The molecule has 1 saturated heterocycles. The van der Waals surface area contributed by atoms with E-state index in [1.165, 1.54) is 57.0 Å². The van der Waals surface area contributed by atoms with Gasteiger partial charge in [-0.1, -0.05) is 6.42 Å². The minimum Gasteiger partial charge on any atom is -0.465 e. The summed E-state index contributed by atoms with van der Waals surface area (Å²) in [5.74, 6) is 1.16.